The minimum Gasteiger partial charge on any atom is -0.300 e. The van der Waals surface area contributed by atoms with E-state index in [-0.39, 0.29) is 0 Å². The molecule has 0 amide bonds. The third-order valence-corrected chi connectivity index (χ3v) is 3.70. The van der Waals surface area contributed by atoms with E-state index in [4.69, 9.17) is 0 Å². The summed E-state index contributed by atoms with van der Waals surface area (Å²) in [5.41, 5.74) is 0.417. The van der Waals surface area contributed by atoms with E-state index in [1.165, 1.54) is 12.8 Å². The number of Topliss-reactive ketones (excluding diaryl/α,β-unsaturated/α-hetero) is 1. The van der Waals surface area contributed by atoms with Gasteiger partial charge in [0.05, 0.1) is 0 Å². The molecule has 12 heavy (non-hydrogen) atoms. The van der Waals surface area contributed by atoms with Crippen LogP contribution in [0.4, 0.5) is 0 Å². The fourth-order valence-corrected chi connectivity index (χ4v) is 2.51. The lowest BCUT2D eigenvalue weighted by atomic mass is 9.53. The maximum absolute atomic E-state index is 10.9. The van der Waals surface area contributed by atoms with Crippen molar-refractivity contribution < 1.29 is 4.79 Å². The maximum atomic E-state index is 10.9. The molecule has 1 aliphatic rings. The Hall–Kier alpha value is -0.330. The first-order valence-corrected chi connectivity index (χ1v) is 4.98. The molecule has 0 N–H and O–H groups in total. The molecule has 0 aromatic heterocycles. The van der Waals surface area contributed by atoms with Gasteiger partial charge in [0.1, 0.15) is 5.78 Å². The van der Waals surface area contributed by atoms with Crippen molar-refractivity contribution >= 4 is 5.78 Å². The summed E-state index contributed by atoms with van der Waals surface area (Å²) in [5.74, 6) is 1.85. The quantitative estimate of drug-likeness (QED) is 0.633. The molecule has 0 saturated heterocycles. The Kier molecular flexibility index (Phi) is 2.60. The third kappa shape index (κ3) is 1.55. The van der Waals surface area contributed by atoms with Crippen LogP contribution < -0.4 is 0 Å². The van der Waals surface area contributed by atoms with E-state index in [0.29, 0.717) is 17.1 Å². The van der Waals surface area contributed by atoms with Gasteiger partial charge in [-0.05, 0) is 30.6 Å². The second kappa shape index (κ2) is 3.20. The normalized spacial score (nSPS) is 32.7. The fraction of sp³-hybridized carbons (Fsp3) is 0.909. The molecule has 2 unspecified atom stereocenters. The number of hydrogen-bond acceptors (Lipinski definition) is 1. The molecule has 1 fully saturated rings. The molecule has 2 atom stereocenters. The monoisotopic (exact) mass is 168 g/mol. The predicted molar refractivity (Wildman–Crippen MR) is 51.0 cm³/mol. The summed E-state index contributed by atoms with van der Waals surface area (Å²) in [6.45, 7) is 8.56. The van der Waals surface area contributed by atoms with Crippen LogP contribution in [0.1, 0.15) is 47.0 Å². The molecule has 0 spiro atoms. The summed E-state index contributed by atoms with van der Waals surface area (Å²) in [4.78, 5) is 10.9. The number of hydrogen-bond donors (Lipinski definition) is 0. The molecule has 1 saturated carbocycles. The van der Waals surface area contributed by atoms with Crippen LogP contribution >= 0.6 is 0 Å². The molecular weight excluding hydrogens is 148 g/mol. The number of rotatable bonds is 3. The summed E-state index contributed by atoms with van der Waals surface area (Å²) in [6, 6.07) is 0. The van der Waals surface area contributed by atoms with Crippen LogP contribution in [0, 0.1) is 17.3 Å². The highest BCUT2D eigenvalue weighted by molar-refractivity contribution is 5.75. The van der Waals surface area contributed by atoms with E-state index < -0.39 is 0 Å². The van der Waals surface area contributed by atoms with Crippen LogP contribution in [0.5, 0.6) is 0 Å². The van der Waals surface area contributed by atoms with Gasteiger partial charge in [-0.2, -0.15) is 0 Å². The topological polar surface area (TPSA) is 17.1 Å². The van der Waals surface area contributed by atoms with Crippen molar-refractivity contribution in [3.63, 3.8) is 0 Å². The van der Waals surface area contributed by atoms with Crippen LogP contribution in [0.25, 0.3) is 0 Å². The van der Waals surface area contributed by atoms with Crippen LogP contribution in [-0.4, -0.2) is 5.78 Å². The van der Waals surface area contributed by atoms with Crippen LogP contribution in [0.2, 0.25) is 0 Å². The highest BCUT2D eigenvalue weighted by atomic mass is 16.1. The minimum atomic E-state index is 0.350. The molecule has 0 heterocycles. The zero-order valence-corrected chi connectivity index (χ0v) is 8.68. The van der Waals surface area contributed by atoms with Gasteiger partial charge in [0.25, 0.3) is 0 Å². The van der Waals surface area contributed by atoms with Crippen LogP contribution in [0.15, 0.2) is 0 Å². The molecule has 0 aromatic rings. The summed E-state index contributed by atoms with van der Waals surface area (Å²) in [7, 11) is 0. The van der Waals surface area contributed by atoms with E-state index in [9.17, 15) is 4.79 Å². The highest BCUT2D eigenvalue weighted by Crippen LogP contribution is 2.54. The van der Waals surface area contributed by atoms with Crippen molar-refractivity contribution in [2.24, 2.45) is 17.3 Å². The Labute approximate surface area is 75.5 Å². The average Bonchev–Trinajstić information content (AvgIpc) is 1.96. The maximum Gasteiger partial charge on any atom is 0.130 e. The SMILES string of the molecule is CCC1CC(CC(C)=O)C1(C)C. The minimum absolute atomic E-state index is 0.350. The lowest BCUT2D eigenvalue weighted by Crippen LogP contribution is -2.45. The van der Waals surface area contributed by atoms with Gasteiger partial charge >= 0.3 is 0 Å². The summed E-state index contributed by atoms with van der Waals surface area (Å²) in [6.07, 6.45) is 3.33. The molecule has 0 aromatic carbocycles. The molecule has 1 rings (SSSR count). The molecular formula is C11H20O. The van der Waals surface area contributed by atoms with Crippen LogP contribution in [0.3, 0.4) is 0 Å². The average molecular weight is 168 g/mol. The molecule has 1 nitrogen and oxygen atoms in total. The van der Waals surface area contributed by atoms with Gasteiger partial charge < -0.3 is 4.79 Å². The molecule has 0 aliphatic heterocycles. The van der Waals surface area contributed by atoms with E-state index in [1.807, 2.05) is 0 Å². The molecule has 0 bridgehead atoms. The Bertz CT molecular complexity index is 181. The fourth-order valence-electron chi connectivity index (χ4n) is 2.51. The zero-order valence-electron chi connectivity index (χ0n) is 8.68. The first kappa shape index (κ1) is 9.76. The van der Waals surface area contributed by atoms with Crippen molar-refractivity contribution in [2.75, 3.05) is 0 Å². The van der Waals surface area contributed by atoms with Crippen molar-refractivity contribution in [3.8, 4) is 0 Å². The molecule has 1 heteroatoms. The van der Waals surface area contributed by atoms with Gasteiger partial charge in [-0.1, -0.05) is 27.2 Å². The Morgan fingerprint density at radius 1 is 1.42 bits per heavy atom. The summed E-state index contributed by atoms with van der Waals surface area (Å²) in [5, 5.41) is 0. The first-order valence-electron chi connectivity index (χ1n) is 4.98. The third-order valence-electron chi connectivity index (χ3n) is 3.70. The molecule has 0 radical (unpaired) electrons. The highest BCUT2D eigenvalue weighted by Gasteiger charge is 2.46. The van der Waals surface area contributed by atoms with Gasteiger partial charge in [-0.25, -0.2) is 0 Å². The Morgan fingerprint density at radius 2 is 2.00 bits per heavy atom. The smallest absolute Gasteiger partial charge is 0.130 e. The number of carbonyl (C=O) groups excluding carboxylic acids is 1. The molecule has 70 valence electrons. The van der Waals surface area contributed by atoms with Crippen LogP contribution in [-0.2, 0) is 4.79 Å². The second-order valence-electron chi connectivity index (χ2n) is 4.77. The summed E-state index contributed by atoms with van der Waals surface area (Å²) >= 11 is 0. The van der Waals surface area contributed by atoms with Crippen molar-refractivity contribution in [1.29, 1.82) is 0 Å². The van der Waals surface area contributed by atoms with Crippen molar-refractivity contribution in [3.05, 3.63) is 0 Å². The predicted octanol–water partition coefficient (Wildman–Crippen LogP) is 3.04. The van der Waals surface area contributed by atoms with Crippen molar-refractivity contribution in [1.82, 2.24) is 0 Å². The van der Waals surface area contributed by atoms with E-state index in [0.717, 1.165) is 12.3 Å². The van der Waals surface area contributed by atoms with E-state index >= 15 is 0 Å². The largest absolute Gasteiger partial charge is 0.300 e. The van der Waals surface area contributed by atoms with E-state index in [2.05, 4.69) is 20.8 Å². The zero-order chi connectivity index (χ0) is 9.35. The summed E-state index contributed by atoms with van der Waals surface area (Å²) < 4.78 is 0. The van der Waals surface area contributed by atoms with Gasteiger partial charge in [0.2, 0.25) is 0 Å². The second-order valence-corrected chi connectivity index (χ2v) is 4.77. The number of carbonyl (C=O) groups is 1. The van der Waals surface area contributed by atoms with Gasteiger partial charge in [0.15, 0.2) is 0 Å². The number of ketones is 1. The Morgan fingerprint density at radius 3 is 2.33 bits per heavy atom. The van der Waals surface area contributed by atoms with Gasteiger partial charge in [-0.15, -0.1) is 0 Å². The van der Waals surface area contributed by atoms with E-state index in [1.54, 1.807) is 6.92 Å². The lowest BCUT2D eigenvalue weighted by Gasteiger charge is -2.52. The first-order chi connectivity index (χ1) is 5.48. The van der Waals surface area contributed by atoms with Gasteiger partial charge in [-0.3, -0.25) is 0 Å². The molecule has 1 aliphatic carbocycles. The standard InChI is InChI=1S/C11H20O/c1-5-9-7-10(6-8(2)12)11(9,3)4/h9-10H,5-7H2,1-4H3. The lowest BCUT2D eigenvalue weighted by molar-refractivity contribution is -0.123. The Balaban J connectivity index is 2.47. The van der Waals surface area contributed by atoms with Gasteiger partial charge in [0, 0.05) is 6.42 Å². The van der Waals surface area contributed by atoms with Crippen molar-refractivity contribution in [2.45, 2.75) is 47.0 Å².